The van der Waals surface area contributed by atoms with Crippen LogP contribution in [-0.4, -0.2) is 20.2 Å². The number of H-pyrrole nitrogens is 1. The highest BCUT2D eigenvalue weighted by Gasteiger charge is 2.04. The molecule has 3 aromatic rings. The van der Waals surface area contributed by atoms with Crippen LogP contribution in [0.1, 0.15) is 5.82 Å². The van der Waals surface area contributed by atoms with Crippen molar-refractivity contribution in [3.8, 4) is 0 Å². The van der Waals surface area contributed by atoms with Crippen LogP contribution < -0.4 is 0 Å². The van der Waals surface area contributed by atoms with Crippen LogP contribution in [0.25, 0.3) is 10.9 Å². The molecule has 6 heteroatoms. The van der Waals surface area contributed by atoms with Gasteiger partial charge in [-0.15, -0.1) is 17.5 Å². The largest absolute Gasteiger partial charge is 0.262 e. The summed E-state index contributed by atoms with van der Waals surface area (Å²) in [6.45, 7) is 1.88. The molecule has 2 heterocycles. The summed E-state index contributed by atoms with van der Waals surface area (Å²) in [7, 11) is 0. The van der Waals surface area contributed by atoms with Gasteiger partial charge >= 0.3 is 0 Å². The van der Waals surface area contributed by atoms with Crippen molar-refractivity contribution < 1.29 is 0 Å². The van der Waals surface area contributed by atoms with Gasteiger partial charge in [-0.3, -0.25) is 5.10 Å². The van der Waals surface area contributed by atoms with Crippen molar-refractivity contribution in [2.45, 2.75) is 17.1 Å². The number of benzene rings is 1. The number of nitrogens with one attached hydrogen (secondary N) is 1. The molecule has 0 aliphatic carbocycles. The molecule has 18 heavy (non-hydrogen) atoms. The molecule has 0 aliphatic rings. The van der Waals surface area contributed by atoms with Gasteiger partial charge in [0, 0.05) is 5.39 Å². The van der Waals surface area contributed by atoms with Gasteiger partial charge in [0.15, 0.2) is 0 Å². The first-order chi connectivity index (χ1) is 8.31. The monoisotopic (exact) mass is 278 g/mol. The Hall–Kier alpha value is -1.59. The van der Waals surface area contributed by atoms with Crippen LogP contribution in [0.2, 0.25) is 0 Å². The molecule has 2 aromatic heterocycles. The fourth-order valence-electron chi connectivity index (χ4n) is 1.57. The summed E-state index contributed by atoms with van der Waals surface area (Å²) >= 11 is 1.46. The second-order valence-electron chi connectivity index (χ2n) is 3.65. The van der Waals surface area contributed by atoms with Crippen LogP contribution in [0, 0.1) is 6.92 Å². The van der Waals surface area contributed by atoms with Crippen molar-refractivity contribution in [3.05, 3.63) is 42.2 Å². The van der Waals surface area contributed by atoms with Gasteiger partial charge in [-0.2, -0.15) is 0 Å². The Morgan fingerprint density at radius 2 is 1.89 bits per heavy atom. The second-order valence-corrected chi connectivity index (χ2v) is 4.64. The molecular formula is C12H11ClN4S. The van der Waals surface area contributed by atoms with E-state index in [0.717, 1.165) is 21.8 Å². The van der Waals surface area contributed by atoms with Crippen molar-refractivity contribution in [3.63, 3.8) is 0 Å². The average Bonchev–Trinajstić information content (AvgIpc) is 2.75. The normalized spacial score (nSPS) is 10.3. The molecule has 4 nitrogen and oxygen atoms in total. The highest BCUT2D eigenvalue weighted by atomic mass is 35.5. The van der Waals surface area contributed by atoms with Crippen molar-refractivity contribution in [2.24, 2.45) is 0 Å². The Bertz CT molecular complexity index is 668. The van der Waals surface area contributed by atoms with E-state index >= 15 is 0 Å². The van der Waals surface area contributed by atoms with Crippen molar-refractivity contribution >= 4 is 35.1 Å². The third-order valence-corrected chi connectivity index (χ3v) is 3.15. The van der Waals surface area contributed by atoms with Crippen LogP contribution in [0.5, 0.6) is 0 Å². The number of fused-ring (bicyclic) bond motifs is 1. The van der Waals surface area contributed by atoms with Gasteiger partial charge in [0.2, 0.25) is 5.16 Å². The van der Waals surface area contributed by atoms with E-state index in [1.54, 1.807) is 0 Å². The summed E-state index contributed by atoms with van der Waals surface area (Å²) < 4.78 is 0. The van der Waals surface area contributed by atoms with Gasteiger partial charge < -0.3 is 0 Å². The Kier molecular flexibility index (Phi) is 3.84. The number of hydrogen-bond acceptors (Lipinski definition) is 4. The lowest BCUT2D eigenvalue weighted by Gasteiger charge is -1.99. The van der Waals surface area contributed by atoms with E-state index in [1.807, 2.05) is 37.3 Å². The van der Waals surface area contributed by atoms with E-state index < -0.39 is 0 Å². The third-order valence-electron chi connectivity index (χ3n) is 2.35. The van der Waals surface area contributed by atoms with Gasteiger partial charge in [0.1, 0.15) is 10.9 Å². The minimum Gasteiger partial charge on any atom is -0.262 e. The Morgan fingerprint density at radius 3 is 2.67 bits per heavy atom. The fourth-order valence-corrected chi connectivity index (χ4v) is 2.31. The fraction of sp³-hybridized carbons (Fsp3) is 0.0833. The maximum atomic E-state index is 4.55. The molecule has 0 aliphatic heterocycles. The minimum absolute atomic E-state index is 0. The third kappa shape index (κ3) is 2.63. The van der Waals surface area contributed by atoms with Crippen LogP contribution in [-0.2, 0) is 0 Å². The zero-order valence-corrected chi connectivity index (χ0v) is 11.3. The summed E-state index contributed by atoms with van der Waals surface area (Å²) in [5.74, 6) is 0.813. The van der Waals surface area contributed by atoms with Gasteiger partial charge in [-0.1, -0.05) is 24.3 Å². The van der Waals surface area contributed by atoms with Crippen molar-refractivity contribution in [1.82, 2.24) is 20.2 Å². The first-order valence-corrected chi connectivity index (χ1v) is 6.05. The number of halogens is 1. The van der Waals surface area contributed by atoms with Crippen molar-refractivity contribution in [1.29, 1.82) is 0 Å². The van der Waals surface area contributed by atoms with Gasteiger partial charge in [0.05, 0.1) is 5.52 Å². The van der Waals surface area contributed by atoms with E-state index in [-0.39, 0.29) is 12.4 Å². The molecule has 0 radical (unpaired) electrons. The Labute approximate surface area is 115 Å². The number of aryl methyl sites for hydroxylation is 1. The lowest BCUT2D eigenvalue weighted by atomic mass is 10.2. The smallest absolute Gasteiger partial charge is 0.214 e. The lowest BCUT2D eigenvalue weighted by Crippen LogP contribution is -1.83. The maximum absolute atomic E-state index is 4.55. The summed E-state index contributed by atoms with van der Waals surface area (Å²) in [4.78, 5) is 8.79. The first kappa shape index (κ1) is 12.9. The van der Waals surface area contributed by atoms with Crippen LogP contribution in [0.3, 0.4) is 0 Å². The second kappa shape index (κ2) is 5.37. The number of nitrogens with zero attached hydrogens (tertiary/aromatic N) is 3. The zero-order chi connectivity index (χ0) is 11.7. The van der Waals surface area contributed by atoms with Crippen LogP contribution in [0.4, 0.5) is 0 Å². The molecule has 0 saturated carbocycles. The Morgan fingerprint density at radius 1 is 1.06 bits per heavy atom. The molecule has 0 atom stereocenters. The van der Waals surface area contributed by atoms with Gasteiger partial charge in [0.25, 0.3) is 0 Å². The number of aromatic amines is 1. The standard InChI is InChI=1S/C12H10N4S.ClH/c1-8-13-12(16-15-8)17-11-7-6-9-4-2-3-5-10(9)14-11;/h2-7H,1H3,(H,13,15,16);1H. The molecule has 0 unspecified atom stereocenters. The van der Waals surface area contributed by atoms with Gasteiger partial charge in [-0.25, -0.2) is 9.97 Å². The molecule has 0 bridgehead atoms. The molecule has 3 rings (SSSR count). The molecular weight excluding hydrogens is 268 g/mol. The lowest BCUT2D eigenvalue weighted by molar-refractivity contribution is 0.966. The number of para-hydroxylation sites is 1. The SMILES string of the molecule is Cc1nc(Sc2ccc3ccccc3n2)n[nH]1.Cl. The van der Waals surface area contributed by atoms with Gasteiger partial charge in [-0.05, 0) is 30.8 Å². The number of aromatic nitrogens is 4. The highest BCUT2D eigenvalue weighted by Crippen LogP contribution is 2.24. The van der Waals surface area contributed by atoms with Crippen molar-refractivity contribution in [2.75, 3.05) is 0 Å². The van der Waals surface area contributed by atoms with E-state index in [4.69, 9.17) is 0 Å². The predicted octanol–water partition coefficient (Wildman–Crippen LogP) is 3.23. The molecule has 0 fully saturated rings. The quantitative estimate of drug-likeness (QED) is 0.782. The number of rotatable bonds is 2. The molecule has 1 N–H and O–H groups in total. The summed E-state index contributed by atoms with van der Waals surface area (Å²) in [6.07, 6.45) is 0. The highest BCUT2D eigenvalue weighted by molar-refractivity contribution is 7.99. The number of hydrogen-bond donors (Lipinski definition) is 1. The summed E-state index contributed by atoms with van der Waals surface area (Å²) in [6, 6.07) is 12.1. The molecule has 0 spiro atoms. The zero-order valence-electron chi connectivity index (χ0n) is 9.62. The van der Waals surface area contributed by atoms with E-state index in [1.165, 1.54) is 11.8 Å². The topological polar surface area (TPSA) is 54.5 Å². The van der Waals surface area contributed by atoms with Crippen LogP contribution >= 0.6 is 24.2 Å². The van der Waals surface area contributed by atoms with E-state index in [2.05, 4.69) is 26.2 Å². The predicted molar refractivity (Wildman–Crippen MR) is 74.2 cm³/mol. The average molecular weight is 279 g/mol. The van der Waals surface area contributed by atoms with E-state index in [9.17, 15) is 0 Å². The summed E-state index contributed by atoms with van der Waals surface area (Å²) in [5.41, 5.74) is 0.991. The molecule has 1 aromatic carbocycles. The summed E-state index contributed by atoms with van der Waals surface area (Å²) in [5, 5.41) is 9.64. The minimum atomic E-state index is 0. The first-order valence-electron chi connectivity index (χ1n) is 5.24. The molecule has 0 amide bonds. The molecule has 0 saturated heterocycles. The van der Waals surface area contributed by atoms with E-state index in [0.29, 0.717) is 5.16 Å². The van der Waals surface area contributed by atoms with Crippen LogP contribution in [0.15, 0.2) is 46.6 Å². The molecule has 92 valence electrons. The maximum Gasteiger partial charge on any atom is 0.214 e. The Balaban J connectivity index is 0.00000120. The number of pyridine rings is 1.